The Balaban J connectivity index is 1.55. The molecule has 23 heavy (non-hydrogen) atoms. The third-order valence-electron chi connectivity index (χ3n) is 3.58. The van der Waals surface area contributed by atoms with Crippen LogP contribution in [0, 0.1) is 6.92 Å². The van der Waals surface area contributed by atoms with Crippen molar-refractivity contribution in [2.24, 2.45) is 0 Å². The third-order valence-corrected chi connectivity index (χ3v) is 3.58. The molecular formula is C19H19NO3. The van der Waals surface area contributed by atoms with Crippen LogP contribution in [0.25, 0.3) is 6.08 Å². The van der Waals surface area contributed by atoms with E-state index in [0.717, 1.165) is 22.6 Å². The number of hydrogen-bond donors (Lipinski definition) is 1. The molecule has 1 amide bonds. The Hall–Kier alpha value is -2.75. The fraction of sp³-hybridized carbons (Fsp3) is 0.211. The van der Waals surface area contributed by atoms with Crippen molar-refractivity contribution in [1.82, 2.24) is 5.32 Å². The SMILES string of the molecule is Cc1ccc(/C=C/C(=O)NCc2ccc3c(c2)OCCO3)cc1. The van der Waals surface area contributed by atoms with Crippen molar-refractivity contribution in [3.8, 4) is 11.5 Å². The smallest absolute Gasteiger partial charge is 0.244 e. The van der Waals surface area contributed by atoms with E-state index in [2.05, 4.69) is 5.32 Å². The summed E-state index contributed by atoms with van der Waals surface area (Å²) < 4.78 is 11.0. The summed E-state index contributed by atoms with van der Waals surface area (Å²) in [4.78, 5) is 11.9. The zero-order valence-electron chi connectivity index (χ0n) is 13.0. The van der Waals surface area contributed by atoms with Gasteiger partial charge in [-0.05, 0) is 36.3 Å². The molecule has 0 spiro atoms. The number of ether oxygens (including phenoxy) is 2. The highest BCUT2D eigenvalue weighted by molar-refractivity contribution is 5.91. The van der Waals surface area contributed by atoms with Gasteiger partial charge in [-0.15, -0.1) is 0 Å². The van der Waals surface area contributed by atoms with Gasteiger partial charge in [0.05, 0.1) is 0 Å². The fourth-order valence-corrected chi connectivity index (χ4v) is 2.30. The Morgan fingerprint density at radius 2 is 1.83 bits per heavy atom. The van der Waals surface area contributed by atoms with E-state index in [-0.39, 0.29) is 5.91 Å². The van der Waals surface area contributed by atoms with E-state index < -0.39 is 0 Å². The van der Waals surface area contributed by atoms with Gasteiger partial charge in [-0.1, -0.05) is 35.9 Å². The normalized spacial score (nSPS) is 13.1. The first-order chi connectivity index (χ1) is 11.2. The van der Waals surface area contributed by atoms with Crippen LogP contribution in [0.2, 0.25) is 0 Å². The fourth-order valence-electron chi connectivity index (χ4n) is 2.30. The molecular weight excluding hydrogens is 290 g/mol. The number of rotatable bonds is 4. The molecule has 0 atom stereocenters. The summed E-state index contributed by atoms with van der Waals surface area (Å²) in [7, 11) is 0. The van der Waals surface area contributed by atoms with Crippen molar-refractivity contribution >= 4 is 12.0 Å². The summed E-state index contributed by atoms with van der Waals surface area (Å²) >= 11 is 0. The second-order valence-corrected chi connectivity index (χ2v) is 5.44. The van der Waals surface area contributed by atoms with Crippen LogP contribution in [0.1, 0.15) is 16.7 Å². The van der Waals surface area contributed by atoms with Gasteiger partial charge in [0.2, 0.25) is 5.91 Å². The highest BCUT2D eigenvalue weighted by Gasteiger charge is 2.11. The number of benzene rings is 2. The van der Waals surface area contributed by atoms with Gasteiger partial charge < -0.3 is 14.8 Å². The van der Waals surface area contributed by atoms with Crippen molar-refractivity contribution in [3.05, 3.63) is 65.2 Å². The second kappa shape index (κ2) is 7.01. The standard InChI is InChI=1S/C19H19NO3/c1-14-2-4-15(5-3-14)7-9-19(21)20-13-16-6-8-17-18(12-16)23-11-10-22-17/h2-9,12H,10-11,13H2,1H3,(H,20,21)/b9-7+. The minimum absolute atomic E-state index is 0.125. The molecule has 118 valence electrons. The van der Waals surface area contributed by atoms with E-state index in [9.17, 15) is 4.79 Å². The molecule has 4 heteroatoms. The quantitative estimate of drug-likeness (QED) is 0.883. The van der Waals surface area contributed by atoms with Crippen LogP contribution in [0.3, 0.4) is 0 Å². The topological polar surface area (TPSA) is 47.6 Å². The maximum absolute atomic E-state index is 11.9. The monoisotopic (exact) mass is 309 g/mol. The predicted molar refractivity (Wildman–Crippen MR) is 89.5 cm³/mol. The highest BCUT2D eigenvalue weighted by Crippen LogP contribution is 2.30. The lowest BCUT2D eigenvalue weighted by Crippen LogP contribution is -2.20. The minimum Gasteiger partial charge on any atom is -0.486 e. The van der Waals surface area contributed by atoms with E-state index in [1.807, 2.05) is 49.4 Å². The van der Waals surface area contributed by atoms with E-state index in [1.165, 1.54) is 5.56 Å². The van der Waals surface area contributed by atoms with Gasteiger partial charge in [0.15, 0.2) is 11.5 Å². The van der Waals surface area contributed by atoms with Crippen LogP contribution in [0.5, 0.6) is 11.5 Å². The molecule has 0 saturated carbocycles. The summed E-state index contributed by atoms with van der Waals surface area (Å²) in [5.41, 5.74) is 3.18. The summed E-state index contributed by atoms with van der Waals surface area (Å²) in [5.74, 6) is 1.37. The summed E-state index contributed by atoms with van der Waals surface area (Å²) in [6.45, 7) is 3.62. The van der Waals surface area contributed by atoms with Crippen LogP contribution < -0.4 is 14.8 Å². The maximum Gasteiger partial charge on any atom is 0.244 e. The van der Waals surface area contributed by atoms with Crippen LogP contribution in [0.4, 0.5) is 0 Å². The Bertz CT molecular complexity index is 720. The molecule has 0 radical (unpaired) electrons. The van der Waals surface area contributed by atoms with Crippen molar-refractivity contribution in [3.63, 3.8) is 0 Å². The average molecular weight is 309 g/mol. The maximum atomic E-state index is 11.9. The minimum atomic E-state index is -0.125. The summed E-state index contributed by atoms with van der Waals surface area (Å²) in [6.07, 6.45) is 3.35. The molecule has 1 aliphatic rings. The van der Waals surface area contributed by atoms with Crippen LogP contribution in [0.15, 0.2) is 48.5 Å². The summed E-state index contributed by atoms with van der Waals surface area (Å²) in [5, 5.41) is 2.87. The third kappa shape index (κ3) is 4.13. The molecule has 2 aromatic carbocycles. The molecule has 0 bridgehead atoms. The molecule has 0 saturated heterocycles. The number of fused-ring (bicyclic) bond motifs is 1. The van der Waals surface area contributed by atoms with Gasteiger partial charge in [-0.25, -0.2) is 0 Å². The first-order valence-corrected chi connectivity index (χ1v) is 7.62. The first kappa shape index (κ1) is 15.2. The van der Waals surface area contributed by atoms with E-state index in [1.54, 1.807) is 12.2 Å². The van der Waals surface area contributed by atoms with Crippen LogP contribution in [-0.2, 0) is 11.3 Å². The highest BCUT2D eigenvalue weighted by atomic mass is 16.6. The number of carbonyl (C=O) groups is 1. The molecule has 1 heterocycles. The van der Waals surface area contributed by atoms with Gasteiger partial charge in [-0.3, -0.25) is 4.79 Å². The Labute approximate surface area is 135 Å². The molecule has 0 aliphatic carbocycles. The Morgan fingerprint density at radius 1 is 1.09 bits per heavy atom. The van der Waals surface area contributed by atoms with Gasteiger partial charge in [0, 0.05) is 12.6 Å². The molecule has 0 unspecified atom stereocenters. The number of amides is 1. The summed E-state index contributed by atoms with van der Waals surface area (Å²) in [6, 6.07) is 13.7. The number of carbonyl (C=O) groups excluding carboxylic acids is 1. The average Bonchev–Trinajstić information content (AvgIpc) is 2.59. The number of nitrogens with one attached hydrogen (secondary N) is 1. The Kier molecular flexibility index (Phi) is 4.62. The lowest BCUT2D eigenvalue weighted by Gasteiger charge is -2.18. The van der Waals surface area contributed by atoms with Crippen molar-refractivity contribution < 1.29 is 14.3 Å². The molecule has 1 N–H and O–H groups in total. The van der Waals surface area contributed by atoms with Gasteiger partial charge in [0.1, 0.15) is 13.2 Å². The first-order valence-electron chi connectivity index (χ1n) is 7.62. The van der Waals surface area contributed by atoms with Crippen molar-refractivity contribution in [2.45, 2.75) is 13.5 Å². The lowest BCUT2D eigenvalue weighted by atomic mass is 10.1. The molecule has 1 aliphatic heterocycles. The molecule has 0 aromatic heterocycles. The van der Waals surface area contributed by atoms with Gasteiger partial charge in [-0.2, -0.15) is 0 Å². The van der Waals surface area contributed by atoms with Crippen molar-refractivity contribution in [2.75, 3.05) is 13.2 Å². The van der Waals surface area contributed by atoms with Gasteiger partial charge >= 0.3 is 0 Å². The molecule has 3 rings (SSSR count). The lowest BCUT2D eigenvalue weighted by molar-refractivity contribution is -0.116. The second-order valence-electron chi connectivity index (χ2n) is 5.44. The number of aryl methyl sites for hydroxylation is 1. The molecule has 4 nitrogen and oxygen atoms in total. The zero-order valence-corrected chi connectivity index (χ0v) is 13.0. The van der Waals surface area contributed by atoms with Crippen LogP contribution >= 0.6 is 0 Å². The zero-order chi connectivity index (χ0) is 16.1. The van der Waals surface area contributed by atoms with E-state index >= 15 is 0 Å². The van der Waals surface area contributed by atoms with Gasteiger partial charge in [0.25, 0.3) is 0 Å². The molecule has 0 fully saturated rings. The number of hydrogen-bond acceptors (Lipinski definition) is 3. The van der Waals surface area contributed by atoms with Crippen LogP contribution in [-0.4, -0.2) is 19.1 Å². The largest absolute Gasteiger partial charge is 0.486 e. The van der Waals surface area contributed by atoms with Crippen molar-refractivity contribution in [1.29, 1.82) is 0 Å². The molecule has 2 aromatic rings. The Morgan fingerprint density at radius 3 is 2.61 bits per heavy atom. The van der Waals surface area contributed by atoms with E-state index in [0.29, 0.717) is 19.8 Å². The van der Waals surface area contributed by atoms with E-state index in [4.69, 9.17) is 9.47 Å². The predicted octanol–water partition coefficient (Wildman–Crippen LogP) is 3.10.